The molecule has 30 heavy (non-hydrogen) atoms. The monoisotopic (exact) mass is 443 g/mol. The van der Waals surface area contributed by atoms with Crippen molar-refractivity contribution in [3.8, 4) is 0 Å². The predicted molar refractivity (Wildman–Crippen MR) is 104 cm³/mol. The maximum Gasteiger partial charge on any atom is 0.416 e. The summed E-state index contributed by atoms with van der Waals surface area (Å²) in [4.78, 5) is 28.0. The zero-order valence-corrected chi connectivity index (χ0v) is 16.4. The van der Waals surface area contributed by atoms with Gasteiger partial charge in [0, 0.05) is 37.4 Å². The summed E-state index contributed by atoms with van der Waals surface area (Å²) in [6.45, 7) is 1.64. The SMILES string of the molecule is O=C(CN1CCN(C(=O)c2ccc(C(F)(F)F)cc2)CC1)Nc1ccc(F)c(Cl)c1. The highest BCUT2D eigenvalue weighted by Crippen LogP contribution is 2.29. The van der Waals surface area contributed by atoms with Crippen LogP contribution in [-0.4, -0.2) is 54.3 Å². The molecule has 2 amide bonds. The maximum atomic E-state index is 13.2. The van der Waals surface area contributed by atoms with Gasteiger partial charge >= 0.3 is 6.18 Å². The summed E-state index contributed by atoms with van der Waals surface area (Å²) in [7, 11) is 0. The lowest BCUT2D eigenvalue weighted by Crippen LogP contribution is -2.50. The number of alkyl halides is 3. The fourth-order valence-electron chi connectivity index (χ4n) is 3.07. The summed E-state index contributed by atoms with van der Waals surface area (Å²) < 4.78 is 51.1. The third-order valence-electron chi connectivity index (χ3n) is 4.69. The number of nitrogens with one attached hydrogen (secondary N) is 1. The lowest BCUT2D eigenvalue weighted by Gasteiger charge is -2.34. The van der Waals surface area contributed by atoms with E-state index in [0.717, 1.165) is 18.2 Å². The van der Waals surface area contributed by atoms with Crippen LogP contribution in [0.4, 0.5) is 23.2 Å². The Labute approximate surface area is 175 Å². The van der Waals surface area contributed by atoms with Crippen LogP contribution in [0.1, 0.15) is 15.9 Å². The summed E-state index contributed by atoms with van der Waals surface area (Å²) in [5.74, 6) is -1.24. The molecule has 0 aliphatic carbocycles. The van der Waals surface area contributed by atoms with Gasteiger partial charge in [-0.05, 0) is 42.5 Å². The van der Waals surface area contributed by atoms with Crippen LogP contribution in [-0.2, 0) is 11.0 Å². The fourth-order valence-corrected chi connectivity index (χ4v) is 3.25. The smallest absolute Gasteiger partial charge is 0.336 e. The van der Waals surface area contributed by atoms with Crippen LogP contribution in [0.15, 0.2) is 42.5 Å². The van der Waals surface area contributed by atoms with Gasteiger partial charge in [0.15, 0.2) is 0 Å². The highest BCUT2D eigenvalue weighted by Gasteiger charge is 2.30. The molecule has 1 fully saturated rings. The second-order valence-electron chi connectivity index (χ2n) is 6.82. The van der Waals surface area contributed by atoms with Crippen LogP contribution < -0.4 is 5.32 Å². The second-order valence-corrected chi connectivity index (χ2v) is 7.23. The molecule has 160 valence electrons. The Balaban J connectivity index is 1.49. The maximum absolute atomic E-state index is 13.2. The van der Waals surface area contributed by atoms with E-state index in [0.29, 0.717) is 31.9 Å². The summed E-state index contributed by atoms with van der Waals surface area (Å²) in [6.07, 6.45) is -4.45. The van der Waals surface area contributed by atoms with Gasteiger partial charge in [-0.2, -0.15) is 13.2 Å². The molecule has 0 bridgehead atoms. The second kappa shape index (κ2) is 9.01. The zero-order valence-electron chi connectivity index (χ0n) is 15.7. The standard InChI is InChI=1S/C20H18ClF4N3O2/c21-16-11-15(5-6-17(16)22)26-18(29)12-27-7-9-28(10-8-27)19(30)13-1-3-14(4-2-13)20(23,24)25/h1-6,11H,7-10,12H2,(H,26,29). The van der Waals surface area contributed by atoms with Crippen molar-refractivity contribution in [3.63, 3.8) is 0 Å². The lowest BCUT2D eigenvalue weighted by molar-refractivity contribution is -0.137. The molecular weight excluding hydrogens is 426 g/mol. The van der Waals surface area contributed by atoms with Crippen molar-refractivity contribution in [3.05, 3.63) is 64.4 Å². The molecule has 0 spiro atoms. The van der Waals surface area contributed by atoms with Crippen LogP contribution in [0, 0.1) is 5.82 Å². The number of rotatable bonds is 4. The normalized spacial score (nSPS) is 15.2. The highest BCUT2D eigenvalue weighted by atomic mass is 35.5. The zero-order chi connectivity index (χ0) is 21.9. The number of amides is 2. The van der Waals surface area contributed by atoms with Gasteiger partial charge < -0.3 is 10.2 Å². The Hall–Kier alpha value is -2.65. The summed E-state index contributed by atoms with van der Waals surface area (Å²) in [5, 5.41) is 2.54. The molecule has 2 aromatic carbocycles. The van der Waals surface area contributed by atoms with Crippen LogP contribution >= 0.6 is 11.6 Å². The van der Waals surface area contributed by atoms with E-state index in [-0.39, 0.29) is 28.9 Å². The minimum atomic E-state index is -4.45. The molecule has 0 atom stereocenters. The Bertz CT molecular complexity index is 927. The molecule has 10 heteroatoms. The van der Waals surface area contributed by atoms with E-state index >= 15 is 0 Å². The van der Waals surface area contributed by atoms with E-state index < -0.39 is 17.6 Å². The summed E-state index contributed by atoms with van der Waals surface area (Å²) in [6, 6.07) is 7.97. The van der Waals surface area contributed by atoms with Crippen molar-refractivity contribution >= 4 is 29.1 Å². The minimum absolute atomic E-state index is 0.0807. The van der Waals surface area contributed by atoms with Crippen LogP contribution in [0.2, 0.25) is 5.02 Å². The number of nitrogens with zero attached hydrogens (tertiary/aromatic N) is 2. The van der Waals surface area contributed by atoms with Crippen LogP contribution in [0.3, 0.4) is 0 Å². The number of hydrogen-bond donors (Lipinski definition) is 1. The Kier molecular flexibility index (Phi) is 6.62. The average molecular weight is 444 g/mol. The largest absolute Gasteiger partial charge is 0.416 e. The summed E-state index contributed by atoms with van der Waals surface area (Å²) in [5.41, 5.74) is -0.248. The van der Waals surface area contributed by atoms with Crippen molar-refractivity contribution in [2.75, 3.05) is 38.0 Å². The quantitative estimate of drug-likeness (QED) is 0.729. The first-order chi connectivity index (χ1) is 14.1. The van der Waals surface area contributed by atoms with Crippen molar-refractivity contribution in [1.82, 2.24) is 9.80 Å². The van der Waals surface area contributed by atoms with Gasteiger partial charge in [0.25, 0.3) is 5.91 Å². The highest BCUT2D eigenvalue weighted by molar-refractivity contribution is 6.31. The molecule has 1 N–H and O–H groups in total. The molecule has 0 aromatic heterocycles. The molecule has 1 saturated heterocycles. The molecule has 2 aromatic rings. The molecule has 3 rings (SSSR count). The summed E-state index contributed by atoms with van der Waals surface area (Å²) >= 11 is 5.69. The molecule has 1 aliphatic rings. The van der Waals surface area contributed by atoms with Gasteiger partial charge in [-0.25, -0.2) is 4.39 Å². The number of piperazine rings is 1. The van der Waals surface area contributed by atoms with Crippen LogP contribution in [0.5, 0.6) is 0 Å². The first kappa shape index (κ1) is 22.0. The van der Waals surface area contributed by atoms with E-state index in [1.165, 1.54) is 29.2 Å². The van der Waals surface area contributed by atoms with Gasteiger partial charge in [0.1, 0.15) is 5.82 Å². The molecule has 0 saturated carbocycles. The van der Waals surface area contributed by atoms with E-state index in [4.69, 9.17) is 11.6 Å². The van der Waals surface area contributed by atoms with Gasteiger partial charge in [-0.15, -0.1) is 0 Å². The van der Waals surface area contributed by atoms with E-state index in [1.807, 2.05) is 4.90 Å². The number of anilines is 1. The number of carbonyl (C=O) groups is 2. The number of carbonyl (C=O) groups excluding carboxylic acids is 2. The van der Waals surface area contributed by atoms with Crippen LogP contribution in [0.25, 0.3) is 0 Å². The minimum Gasteiger partial charge on any atom is -0.336 e. The van der Waals surface area contributed by atoms with Gasteiger partial charge in [0.05, 0.1) is 17.1 Å². The molecule has 1 heterocycles. The first-order valence-corrected chi connectivity index (χ1v) is 9.45. The molecule has 0 unspecified atom stereocenters. The van der Waals surface area contributed by atoms with E-state index in [2.05, 4.69) is 5.32 Å². The third-order valence-corrected chi connectivity index (χ3v) is 4.98. The van der Waals surface area contributed by atoms with E-state index in [1.54, 1.807) is 0 Å². The Morgan fingerprint density at radius 3 is 2.20 bits per heavy atom. The molecule has 0 radical (unpaired) electrons. The van der Waals surface area contributed by atoms with Gasteiger partial charge in [-0.1, -0.05) is 11.6 Å². The van der Waals surface area contributed by atoms with Crippen molar-refractivity contribution in [2.45, 2.75) is 6.18 Å². The molecule has 5 nitrogen and oxygen atoms in total. The predicted octanol–water partition coefficient (Wildman–Crippen LogP) is 3.89. The van der Waals surface area contributed by atoms with E-state index in [9.17, 15) is 27.2 Å². The Morgan fingerprint density at radius 2 is 1.63 bits per heavy atom. The average Bonchev–Trinajstić information content (AvgIpc) is 2.70. The van der Waals surface area contributed by atoms with Gasteiger partial charge in [-0.3, -0.25) is 14.5 Å². The molecular formula is C20H18ClF4N3O2. The number of hydrogen-bond acceptors (Lipinski definition) is 3. The number of halogens is 5. The first-order valence-electron chi connectivity index (χ1n) is 9.07. The van der Waals surface area contributed by atoms with Crippen molar-refractivity contribution in [2.24, 2.45) is 0 Å². The van der Waals surface area contributed by atoms with Crippen molar-refractivity contribution < 1.29 is 27.2 Å². The topological polar surface area (TPSA) is 52.7 Å². The number of benzene rings is 2. The third kappa shape index (κ3) is 5.48. The molecule has 1 aliphatic heterocycles. The van der Waals surface area contributed by atoms with Gasteiger partial charge in [0.2, 0.25) is 5.91 Å². The lowest BCUT2D eigenvalue weighted by atomic mass is 10.1. The Morgan fingerprint density at radius 1 is 1.00 bits per heavy atom. The van der Waals surface area contributed by atoms with Crippen molar-refractivity contribution in [1.29, 1.82) is 0 Å². The fraction of sp³-hybridized carbons (Fsp3) is 0.300.